The van der Waals surface area contributed by atoms with Crippen molar-refractivity contribution in [3.05, 3.63) is 58.6 Å². The third-order valence-corrected chi connectivity index (χ3v) is 3.04. The SMILES string of the molecule is COc1cc(NCc2c(F)cccc2Cl)ccc1F. The number of halogens is 3. The molecule has 0 aliphatic heterocycles. The summed E-state index contributed by atoms with van der Waals surface area (Å²) < 4.78 is 31.7. The van der Waals surface area contributed by atoms with Crippen LogP contribution in [0.15, 0.2) is 36.4 Å². The number of anilines is 1. The smallest absolute Gasteiger partial charge is 0.165 e. The molecule has 0 bridgehead atoms. The van der Waals surface area contributed by atoms with Crippen LogP contribution in [-0.2, 0) is 6.54 Å². The average Bonchev–Trinajstić information content (AvgIpc) is 2.40. The zero-order valence-electron chi connectivity index (χ0n) is 10.2. The van der Waals surface area contributed by atoms with Crippen LogP contribution in [0.3, 0.4) is 0 Å². The molecule has 5 heteroatoms. The van der Waals surface area contributed by atoms with Gasteiger partial charge in [-0.05, 0) is 24.3 Å². The summed E-state index contributed by atoms with van der Waals surface area (Å²) in [6.07, 6.45) is 0. The zero-order chi connectivity index (χ0) is 13.8. The van der Waals surface area contributed by atoms with Crippen LogP contribution in [0.5, 0.6) is 5.75 Å². The van der Waals surface area contributed by atoms with E-state index in [1.54, 1.807) is 18.2 Å². The molecule has 0 atom stereocenters. The first kappa shape index (κ1) is 13.6. The van der Waals surface area contributed by atoms with Crippen LogP contribution in [0, 0.1) is 11.6 Å². The van der Waals surface area contributed by atoms with E-state index in [9.17, 15) is 8.78 Å². The molecule has 0 fully saturated rings. The van der Waals surface area contributed by atoms with E-state index in [1.807, 2.05) is 0 Å². The molecular formula is C14H12ClF2NO. The highest BCUT2D eigenvalue weighted by Crippen LogP contribution is 2.24. The topological polar surface area (TPSA) is 21.3 Å². The Labute approximate surface area is 115 Å². The molecular weight excluding hydrogens is 272 g/mol. The molecule has 0 unspecified atom stereocenters. The van der Waals surface area contributed by atoms with Crippen LogP contribution >= 0.6 is 11.6 Å². The lowest BCUT2D eigenvalue weighted by Crippen LogP contribution is -2.03. The third kappa shape index (κ3) is 3.15. The Bertz CT molecular complexity index is 569. The molecule has 19 heavy (non-hydrogen) atoms. The van der Waals surface area contributed by atoms with Crippen LogP contribution in [0.25, 0.3) is 0 Å². The summed E-state index contributed by atoms with van der Waals surface area (Å²) in [4.78, 5) is 0. The maximum atomic E-state index is 13.6. The second-order valence-electron chi connectivity index (χ2n) is 3.90. The van der Waals surface area contributed by atoms with Crippen molar-refractivity contribution in [1.29, 1.82) is 0 Å². The van der Waals surface area contributed by atoms with Gasteiger partial charge in [0.1, 0.15) is 5.82 Å². The second-order valence-corrected chi connectivity index (χ2v) is 4.31. The van der Waals surface area contributed by atoms with Crippen molar-refractivity contribution in [2.24, 2.45) is 0 Å². The first-order chi connectivity index (χ1) is 9.11. The molecule has 0 aliphatic rings. The van der Waals surface area contributed by atoms with Gasteiger partial charge in [0.2, 0.25) is 0 Å². The van der Waals surface area contributed by atoms with Gasteiger partial charge < -0.3 is 10.1 Å². The van der Waals surface area contributed by atoms with E-state index in [0.29, 0.717) is 16.3 Å². The van der Waals surface area contributed by atoms with Gasteiger partial charge in [0.25, 0.3) is 0 Å². The van der Waals surface area contributed by atoms with Crippen molar-refractivity contribution in [3.8, 4) is 5.75 Å². The van der Waals surface area contributed by atoms with Crippen molar-refractivity contribution < 1.29 is 13.5 Å². The number of ether oxygens (including phenoxy) is 1. The maximum absolute atomic E-state index is 13.6. The lowest BCUT2D eigenvalue weighted by atomic mass is 10.2. The summed E-state index contributed by atoms with van der Waals surface area (Å²) in [6.45, 7) is 0.209. The number of nitrogens with one attached hydrogen (secondary N) is 1. The summed E-state index contributed by atoms with van der Waals surface area (Å²) in [7, 11) is 1.38. The maximum Gasteiger partial charge on any atom is 0.165 e. The van der Waals surface area contributed by atoms with Gasteiger partial charge in [0, 0.05) is 28.9 Å². The fourth-order valence-electron chi connectivity index (χ4n) is 1.66. The van der Waals surface area contributed by atoms with Crippen LogP contribution in [0.1, 0.15) is 5.56 Å². The third-order valence-electron chi connectivity index (χ3n) is 2.68. The van der Waals surface area contributed by atoms with E-state index >= 15 is 0 Å². The monoisotopic (exact) mass is 283 g/mol. The fourth-order valence-corrected chi connectivity index (χ4v) is 1.89. The van der Waals surface area contributed by atoms with Crippen LogP contribution in [-0.4, -0.2) is 7.11 Å². The minimum atomic E-state index is -0.447. The van der Waals surface area contributed by atoms with E-state index in [-0.39, 0.29) is 18.1 Å². The molecule has 0 amide bonds. The van der Waals surface area contributed by atoms with Gasteiger partial charge in [0.05, 0.1) is 7.11 Å². The van der Waals surface area contributed by atoms with Crippen LogP contribution in [0.2, 0.25) is 5.02 Å². The van der Waals surface area contributed by atoms with Gasteiger partial charge in [0.15, 0.2) is 11.6 Å². The highest BCUT2D eigenvalue weighted by atomic mass is 35.5. The van der Waals surface area contributed by atoms with E-state index in [0.717, 1.165) is 0 Å². The second kappa shape index (κ2) is 5.89. The van der Waals surface area contributed by atoms with Gasteiger partial charge in [-0.3, -0.25) is 0 Å². The number of rotatable bonds is 4. The largest absolute Gasteiger partial charge is 0.494 e. The Balaban J connectivity index is 2.15. The minimum Gasteiger partial charge on any atom is -0.494 e. The zero-order valence-corrected chi connectivity index (χ0v) is 11.0. The standard InChI is InChI=1S/C14H12ClF2NO/c1-19-14-7-9(5-6-13(14)17)18-8-10-11(15)3-2-4-12(10)16/h2-7,18H,8H2,1H3. The molecule has 0 saturated carbocycles. The van der Waals surface area contributed by atoms with Gasteiger partial charge in [-0.15, -0.1) is 0 Å². The van der Waals surface area contributed by atoms with Gasteiger partial charge in [-0.2, -0.15) is 0 Å². The molecule has 0 spiro atoms. The molecule has 0 heterocycles. The fraction of sp³-hybridized carbons (Fsp3) is 0.143. The van der Waals surface area contributed by atoms with E-state index in [4.69, 9.17) is 16.3 Å². The van der Waals surface area contributed by atoms with Gasteiger partial charge >= 0.3 is 0 Å². The Hall–Kier alpha value is -1.81. The van der Waals surface area contributed by atoms with Crippen LogP contribution < -0.4 is 10.1 Å². The molecule has 2 aromatic rings. The summed E-state index contributed by atoms with van der Waals surface area (Å²) >= 11 is 5.91. The number of benzene rings is 2. The summed E-state index contributed by atoms with van der Waals surface area (Å²) in [6, 6.07) is 8.84. The summed E-state index contributed by atoms with van der Waals surface area (Å²) in [5.41, 5.74) is 0.991. The lowest BCUT2D eigenvalue weighted by molar-refractivity contribution is 0.387. The minimum absolute atomic E-state index is 0.129. The highest BCUT2D eigenvalue weighted by Gasteiger charge is 2.08. The molecule has 100 valence electrons. The molecule has 2 aromatic carbocycles. The Morgan fingerprint density at radius 1 is 1.16 bits per heavy atom. The highest BCUT2D eigenvalue weighted by molar-refractivity contribution is 6.31. The molecule has 0 aliphatic carbocycles. The quantitative estimate of drug-likeness (QED) is 0.906. The molecule has 1 N–H and O–H groups in total. The molecule has 0 saturated heterocycles. The van der Waals surface area contributed by atoms with Gasteiger partial charge in [-0.25, -0.2) is 8.78 Å². The predicted octanol–water partition coefficient (Wildman–Crippen LogP) is 4.24. The van der Waals surface area contributed by atoms with Crippen molar-refractivity contribution >= 4 is 17.3 Å². The Kier molecular flexibility index (Phi) is 4.22. The molecule has 0 aromatic heterocycles. The summed E-state index contributed by atoms with van der Waals surface area (Å²) in [5.74, 6) is -0.698. The molecule has 2 nitrogen and oxygen atoms in total. The molecule has 0 radical (unpaired) electrons. The van der Waals surface area contributed by atoms with Crippen molar-refractivity contribution in [2.45, 2.75) is 6.54 Å². The van der Waals surface area contributed by atoms with E-state index in [2.05, 4.69) is 5.32 Å². The predicted molar refractivity (Wildman–Crippen MR) is 71.7 cm³/mol. The molecule has 2 rings (SSSR count). The van der Waals surface area contributed by atoms with Crippen molar-refractivity contribution in [3.63, 3.8) is 0 Å². The first-order valence-corrected chi connectivity index (χ1v) is 6.00. The number of methoxy groups -OCH3 is 1. The average molecular weight is 284 g/mol. The summed E-state index contributed by atoms with van der Waals surface area (Å²) in [5, 5.41) is 3.32. The lowest BCUT2D eigenvalue weighted by Gasteiger charge is -2.10. The Morgan fingerprint density at radius 2 is 1.95 bits per heavy atom. The number of hydrogen-bond donors (Lipinski definition) is 1. The first-order valence-electron chi connectivity index (χ1n) is 5.62. The van der Waals surface area contributed by atoms with E-state index in [1.165, 1.54) is 25.3 Å². The van der Waals surface area contributed by atoms with Crippen LogP contribution in [0.4, 0.5) is 14.5 Å². The van der Waals surface area contributed by atoms with Gasteiger partial charge in [-0.1, -0.05) is 17.7 Å². The van der Waals surface area contributed by atoms with Crippen molar-refractivity contribution in [1.82, 2.24) is 0 Å². The normalized spacial score (nSPS) is 10.3. The Morgan fingerprint density at radius 3 is 2.63 bits per heavy atom. The number of hydrogen-bond acceptors (Lipinski definition) is 2. The van der Waals surface area contributed by atoms with Crippen molar-refractivity contribution in [2.75, 3.05) is 12.4 Å². The van der Waals surface area contributed by atoms with E-state index < -0.39 is 5.82 Å².